The van der Waals surface area contributed by atoms with Crippen LogP contribution in [0, 0.1) is 0 Å². The second kappa shape index (κ2) is 6.66. The average Bonchev–Trinajstić information content (AvgIpc) is 2.93. The summed E-state index contributed by atoms with van der Waals surface area (Å²) in [6.07, 6.45) is 6.56. The van der Waals surface area contributed by atoms with E-state index in [4.69, 9.17) is 10.2 Å². The number of aromatic nitrogens is 2. The number of aliphatic hydroxyl groups excluding tert-OH is 2. The maximum Gasteiger partial charge on any atom is 0.132 e. The van der Waals surface area contributed by atoms with Crippen LogP contribution in [-0.4, -0.2) is 46.5 Å². The van der Waals surface area contributed by atoms with Crippen molar-refractivity contribution in [3.8, 4) is 0 Å². The molecule has 0 aromatic carbocycles. The number of nitrogens with zero attached hydrogens (tertiary/aromatic N) is 3. The van der Waals surface area contributed by atoms with Crippen LogP contribution in [0.5, 0.6) is 0 Å². The molecule has 5 nitrogen and oxygen atoms in total. The molecule has 1 aromatic rings. The zero-order valence-corrected chi connectivity index (χ0v) is 10.6. The molecule has 1 fully saturated rings. The Morgan fingerprint density at radius 1 is 1.11 bits per heavy atom. The lowest BCUT2D eigenvalue weighted by Crippen LogP contribution is -2.30. The van der Waals surface area contributed by atoms with Crippen LogP contribution in [0.1, 0.15) is 37.3 Å². The van der Waals surface area contributed by atoms with Gasteiger partial charge in [0.15, 0.2) is 0 Å². The Hall–Kier alpha value is -1.20. The minimum absolute atomic E-state index is 0.0583. The summed E-state index contributed by atoms with van der Waals surface area (Å²) in [5.41, 5.74) is 1.10. The van der Waals surface area contributed by atoms with Gasteiger partial charge in [-0.3, -0.25) is 0 Å². The van der Waals surface area contributed by atoms with Crippen molar-refractivity contribution in [2.24, 2.45) is 0 Å². The molecule has 0 radical (unpaired) electrons. The molecular weight excluding hydrogens is 230 g/mol. The second-order valence-corrected chi connectivity index (χ2v) is 4.72. The monoisotopic (exact) mass is 251 g/mol. The highest BCUT2D eigenvalue weighted by atomic mass is 16.3. The summed E-state index contributed by atoms with van der Waals surface area (Å²) in [5.74, 6) is 1.35. The highest BCUT2D eigenvalue weighted by Gasteiger charge is 2.19. The standard InChI is InChI=1S/C13H21N3O2/c17-7-5-16(6-8-18)13-9-12(14-10-15-13)11-3-1-2-4-11/h9-11,17-18H,1-8H2. The van der Waals surface area contributed by atoms with E-state index in [1.807, 2.05) is 11.0 Å². The zero-order valence-electron chi connectivity index (χ0n) is 10.6. The third-order valence-electron chi connectivity index (χ3n) is 3.51. The van der Waals surface area contributed by atoms with Crippen molar-refractivity contribution < 1.29 is 10.2 Å². The number of hydrogen-bond donors (Lipinski definition) is 2. The maximum absolute atomic E-state index is 9.04. The van der Waals surface area contributed by atoms with Crippen molar-refractivity contribution in [2.75, 3.05) is 31.2 Å². The minimum Gasteiger partial charge on any atom is -0.395 e. The first-order chi connectivity index (χ1) is 8.85. The normalized spacial score (nSPS) is 16.1. The number of anilines is 1. The summed E-state index contributed by atoms with van der Waals surface area (Å²) in [6, 6.07) is 2.00. The fourth-order valence-corrected chi connectivity index (χ4v) is 2.56. The van der Waals surface area contributed by atoms with Gasteiger partial charge in [-0.05, 0) is 12.8 Å². The molecule has 1 saturated carbocycles. The van der Waals surface area contributed by atoms with Gasteiger partial charge in [0.2, 0.25) is 0 Å². The van der Waals surface area contributed by atoms with Crippen LogP contribution in [0.3, 0.4) is 0 Å². The molecule has 1 heterocycles. The Balaban J connectivity index is 2.13. The summed E-state index contributed by atoms with van der Waals surface area (Å²) in [6.45, 7) is 1.09. The summed E-state index contributed by atoms with van der Waals surface area (Å²) < 4.78 is 0. The molecule has 0 bridgehead atoms. The molecule has 2 rings (SSSR count). The van der Waals surface area contributed by atoms with Crippen molar-refractivity contribution >= 4 is 5.82 Å². The fraction of sp³-hybridized carbons (Fsp3) is 0.692. The van der Waals surface area contributed by atoms with Gasteiger partial charge in [-0.15, -0.1) is 0 Å². The molecule has 0 amide bonds. The van der Waals surface area contributed by atoms with Crippen molar-refractivity contribution in [3.05, 3.63) is 18.1 Å². The van der Waals surface area contributed by atoms with Crippen LogP contribution >= 0.6 is 0 Å². The van der Waals surface area contributed by atoms with E-state index in [0.29, 0.717) is 19.0 Å². The van der Waals surface area contributed by atoms with Gasteiger partial charge in [-0.1, -0.05) is 12.8 Å². The number of rotatable bonds is 6. The summed E-state index contributed by atoms with van der Waals surface area (Å²) in [7, 11) is 0. The summed E-state index contributed by atoms with van der Waals surface area (Å²) in [5, 5.41) is 18.1. The van der Waals surface area contributed by atoms with Gasteiger partial charge in [0.25, 0.3) is 0 Å². The molecule has 2 N–H and O–H groups in total. The molecule has 0 saturated heterocycles. The lowest BCUT2D eigenvalue weighted by molar-refractivity contribution is 0.280. The Bertz CT molecular complexity index is 361. The van der Waals surface area contributed by atoms with Crippen LogP contribution in [0.15, 0.2) is 12.4 Å². The molecule has 5 heteroatoms. The first-order valence-electron chi connectivity index (χ1n) is 6.63. The van der Waals surface area contributed by atoms with E-state index in [1.165, 1.54) is 25.7 Å². The van der Waals surface area contributed by atoms with Gasteiger partial charge in [0.05, 0.1) is 13.2 Å². The van der Waals surface area contributed by atoms with Crippen LogP contribution in [0.2, 0.25) is 0 Å². The quantitative estimate of drug-likeness (QED) is 0.787. The molecule has 0 atom stereocenters. The van der Waals surface area contributed by atoms with E-state index in [2.05, 4.69) is 9.97 Å². The largest absolute Gasteiger partial charge is 0.395 e. The molecule has 0 spiro atoms. The molecular formula is C13H21N3O2. The van der Waals surface area contributed by atoms with Gasteiger partial charge in [-0.25, -0.2) is 9.97 Å². The lowest BCUT2D eigenvalue weighted by atomic mass is 10.0. The molecule has 1 aromatic heterocycles. The van der Waals surface area contributed by atoms with Gasteiger partial charge in [0, 0.05) is 30.8 Å². The number of hydrogen-bond acceptors (Lipinski definition) is 5. The zero-order chi connectivity index (χ0) is 12.8. The maximum atomic E-state index is 9.04. The van der Waals surface area contributed by atoms with Crippen LogP contribution in [0.25, 0.3) is 0 Å². The molecule has 1 aliphatic carbocycles. The predicted molar refractivity (Wildman–Crippen MR) is 69.6 cm³/mol. The Morgan fingerprint density at radius 3 is 2.39 bits per heavy atom. The minimum atomic E-state index is 0.0583. The molecule has 0 unspecified atom stereocenters. The van der Waals surface area contributed by atoms with Crippen LogP contribution < -0.4 is 4.90 Å². The summed E-state index contributed by atoms with van der Waals surface area (Å²) >= 11 is 0. The molecule has 0 aliphatic heterocycles. The highest BCUT2D eigenvalue weighted by Crippen LogP contribution is 2.33. The molecule has 18 heavy (non-hydrogen) atoms. The van der Waals surface area contributed by atoms with Gasteiger partial charge in [-0.2, -0.15) is 0 Å². The fourth-order valence-electron chi connectivity index (χ4n) is 2.56. The molecule has 100 valence electrons. The Kier molecular flexibility index (Phi) is 4.90. The smallest absolute Gasteiger partial charge is 0.132 e. The third-order valence-corrected chi connectivity index (χ3v) is 3.51. The predicted octanol–water partition coefficient (Wildman–Crippen LogP) is 0.925. The van der Waals surface area contributed by atoms with Gasteiger partial charge in [0.1, 0.15) is 12.1 Å². The Morgan fingerprint density at radius 2 is 1.78 bits per heavy atom. The van der Waals surface area contributed by atoms with E-state index in [0.717, 1.165) is 11.5 Å². The first kappa shape index (κ1) is 13.2. The first-order valence-corrected chi connectivity index (χ1v) is 6.63. The highest BCUT2D eigenvalue weighted by molar-refractivity contribution is 5.39. The average molecular weight is 251 g/mol. The third kappa shape index (κ3) is 3.17. The van der Waals surface area contributed by atoms with E-state index < -0.39 is 0 Å². The van der Waals surface area contributed by atoms with Crippen LogP contribution in [0.4, 0.5) is 5.82 Å². The topological polar surface area (TPSA) is 69.5 Å². The van der Waals surface area contributed by atoms with Crippen molar-refractivity contribution in [2.45, 2.75) is 31.6 Å². The second-order valence-electron chi connectivity index (χ2n) is 4.72. The SMILES string of the molecule is OCCN(CCO)c1cc(C2CCCC2)ncn1. The van der Waals surface area contributed by atoms with E-state index in [1.54, 1.807) is 6.33 Å². The lowest BCUT2D eigenvalue weighted by Gasteiger charge is -2.22. The van der Waals surface area contributed by atoms with Crippen molar-refractivity contribution in [3.63, 3.8) is 0 Å². The van der Waals surface area contributed by atoms with E-state index in [9.17, 15) is 0 Å². The molecule has 1 aliphatic rings. The summed E-state index contributed by atoms with van der Waals surface area (Å²) in [4.78, 5) is 10.5. The van der Waals surface area contributed by atoms with Crippen molar-refractivity contribution in [1.29, 1.82) is 0 Å². The van der Waals surface area contributed by atoms with E-state index >= 15 is 0 Å². The van der Waals surface area contributed by atoms with E-state index in [-0.39, 0.29) is 13.2 Å². The number of aliphatic hydroxyl groups is 2. The van der Waals surface area contributed by atoms with Gasteiger partial charge >= 0.3 is 0 Å². The van der Waals surface area contributed by atoms with Gasteiger partial charge < -0.3 is 15.1 Å². The Labute approximate surface area is 107 Å². The van der Waals surface area contributed by atoms with Crippen LogP contribution in [-0.2, 0) is 0 Å². The van der Waals surface area contributed by atoms with Crippen molar-refractivity contribution in [1.82, 2.24) is 9.97 Å².